The Bertz CT molecular complexity index is 199. The number of hydrogen-bond donors (Lipinski definition) is 1. The van der Waals surface area contributed by atoms with Gasteiger partial charge in [-0.1, -0.05) is 6.07 Å². The second-order valence-corrected chi connectivity index (χ2v) is 3.95. The molecular formula is C9H14O2S2. The van der Waals surface area contributed by atoms with Gasteiger partial charge in [-0.25, -0.2) is 0 Å². The van der Waals surface area contributed by atoms with E-state index in [2.05, 4.69) is 24.1 Å². The fourth-order valence-electron chi connectivity index (χ4n) is 0.852. The van der Waals surface area contributed by atoms with E-state index in [-0.39, 0.29) is 0 Å². The standard InChI is InChI=1S/C9H14O2S2/c12-6-5-10-3-4-11-8-9-2-1-7-13-9/h1-2,7,12H,3-6,8H2. The highest BCUT2D eigenvalue weighted by Crippen LogP contribution is 2.09. The van der Waals surface area contributed by atoms with Crippen LogP contribution in [-0.4, -0.2) is 25.6 Å². The summed E-state index contributed by atoms with van der Waals surface area (Å²) in [7, 11) is 0. The molecule has 0 spiro atoms. The van der Waals surface area contributed by atoms with Crippen LogP contribution in [0.1, 0.15) is 4.88 Å². The van der Waals surface area contributed by atoms with Crippen molar-refractivity contribution >= 4 is 24.0 Å². The molecule has 0 saturated heterocycles. The summed E-state index contributed by atoms with van der Waals surface area (Å²) >= 11 is 5.74. The van der Waals surface area contributed by atoms with Crippen LogP contribution in [0.2, 0.25) is 0 Å². The molecule has 13 heavy (non-hydrogen) atoms. The predicted octanol–water partition coefficient (Wildman–Crippen LogP) is 2.21. The molecule has 1 aromatic heterocycles. The fourth-order valence-corrected chi connectivity index (χ4v) is 1.62. The van der Waals surface area contributed by atoms with E-state index < -0.39 is 0 Å². The van der Waals surface area contributed by atoms with Crippen LogP contribution < -0.4 is 0 Å². The molecule has 0 aliphatic rings. The van der Waals surface area contributed by atoms with E-state index in [1.807, 2.05) is 6.07 Å². The Kier molecular flexibility index (Phi) is 6.27. The third-order valence-electron chi connectivity index (χ3n) is 1.43. The quantitative estimate of drug-likeness (QED) is 0.559. The third kappa shape index (κ3) is 5.31. The van der Waals surface area contributed by atoms with Gasteiger partial charge < -0.3 is 9.47 Å². The summed E-state index contributed by atoms with van der Waals surface area (Å²) in [6.07, 6.45) is 0. The number of rotatable bonds is 7. The third-order valence-corrected chi connectivity index (χ3v) is 2.46. The van der Waals surface area contributed by atoms with E-state index in [0.717, 1.165) is 5.75 Å². The number of hydrogen-bond acceptors (Lipinski definition) is 4. The first-order valence-electron chi connectivity index (χ1n) is 4.22. The molecule has 4 heteroatoms. The lowest BCUT2D eigenvalue weighted by atomic mass is 10.5. The van der Waals surface area contributed by atoms with Gasteiger partial charge in [0.25, 0.3) is 0 Å². The van der Waals surface area contributed by atoms with E-state index in [9.17, 15) is 0 Å². The SMILES string of the molecule is SCCOCCOCc1cccs1. The van der Waals surface area contributed by atoms with Gasteiger partial charge in [0, 0.05) is 10.6 Å². The molecule has 1 rings (SSSR count). The lowest BCUT2D eigenvalue weighted by Gasteiger charge is -2.02. The average Bonchev–Trinajstić information content (AvgIpc) is 2.63. The molecular weight excluding hydrogens is 204 g/mol. The maximum atomic E-state index is 5.39. The van der Waals surface area contributed by atoms with Gasteiger partial charge in [0.2, 0.25) is 0 Å². The minimum atomic E-state index is 0.658. The minimum absolute atomic E-state index is 0.658. The fraction of sp³-hybridized carbons (Fsp3) is 0.556. The van der Waals surface area contributed by atoms with Crippen molar-refractivity contribution in [1.29, 1.82) is 0 Å². The van der Waals surface area contributed by atoms with Crippen molar-refractivity contribution < 1.29 is 9.47 Å². The Hall–Kier alpha value is -0.0300. The van der Waals surface area contributed by atoms with Gasteiger partial charge in [-0.3, -0.25) is 0 Å². The molecule has 0 atom stereocenters. The van der Waals surface area contributed by atoms with Gasteiger partial charge in [-0.15, -0.1) is 11.3 Å². The lowest BCUT2D eigenvalue weighted by molar-refractivity contribution is 0.0472. The molecule has 2 nitrogen and oxygen atoms in total. The molecule has 0 aliphatic carbocycles. The largest absolute Gasteiger partial charge is 0.378 e. The van der Waals surface area contributed by atoms with Crippen molar-refractivity contribution in [2.24, 2.45) is 0 Å². The molecule has 0 unspecified atom stereocenters. The first kappa shape index (κ1) is 11.0. The normalized spacial score (nSPS) is 10.5. The number of thiophene rings is 1. The molecule has 74 valence electrons. The molecule has 0 radical (unpaired) electrons. The van der Waals surface area contributed by atoms with Crippen molar-refractivity contribution in [3.05, 3.63) is 22.4 Å². The Balaban J connectivity index is 1.90. The van der Waals surface area contributed by atoms with Crippen LogP contribution in [0.25, 0.3) is 0 Å². The molecule has 0 saturated carbocycles. The summed E-state index contributed by atoms with van der Waals surface area (Å²) in [5.74, 6) is 0.769. The van der Waals surface area contributed by atoms with Gasteiger partial charge in [0.05, 0.1) is 26.4 Å². The second-order valence-electron chi connectivity index (χ2n) is 2.47. The summed E-state index contributed by atoms with van der Waals surface area (Å²) in [6, 6.07) is 4.10. The first-order chi connectivity index (χ1) is 6.43. The molecule has 0 aliphatic heterocycles. The van der Waals surface area contributed by atoms with Crippen LogP contribution in [0.5, 0.6) is 0 Å². The number of thiol groups is 1. The average molecular weight is 218 g/mol. The van der Waals surface area contributed by atoms with E-state index in [1.165, 1.54) is 4.88 Å². The second kappa shape index (κ2) is 7.38. The number of ether oxygens (including phenoxy) is 2. The van der Waals surface area contributed by atoms with Gasteiger partial charge >= 0.3 is 0 Å². The van der Waals surface area contributed by atoms with Crippen molar-refractivity contribution in [3.63, 3.8) is 0 Å². The smallest absolute Gasteiger partial charge is 0.0810 e. The highest BCUT2D eigenvalue weighted by atomic mass is 32.1. The molecule has 0 bridgehead atoms. The van der Waals surface area contributed by atoms with Crippen molar-refractivity contribution in [2.75, 3.05) is 25.6 Å². The van der Waals surface area contributed by atoms with Gasteiger partial charge in [0.1, 0.15) is 0 Å². The molecule has 0 amide bonds. The Labute approximate surface area is 88.3 Å². The molecule has 0 aromatic carbocycles. The minimum Gasteiger partial charge on any atom is -0.378 e. The summed E-state index contributed by atoms with van der Waals surface area (Å²) in [4.78, 5) is 1.26. The zero-order chi connectivity index (χ0) is 9.36. The molecule has 1 heterocycles. The van der Waals surface area contributed by atoms with Gasteiger partial charge in [0.15, 0.2) is 0 Å². The summed E-state index contributed by atoms with van der Waals surface area (Å²) in [6.45, 7) is 2.71. The summed E-state index contributed by atoms with van der Waals surface area (Å²) in [5.41, 5.74) is 0. The van der Waals surface area contributed by atoms with Crippen molar-refractivity contribution in [2.45, 2.75) is 6.61 Å². The van der Waals surface area contributed by atoms with E-state index in [1.54, 1.807) is 11.3 Å². The van der Waals surface area contributed by atoms with Crippen molar-refractivity contribution in [1.82, 2.24) is 0 Å². The van der Waals surface area contributed by atoms with Crippen LogP contribution in [0.4, 0.5) is 0 Å². The van der Waals surface area contributed by atoms with Crippen LogP contribution in [-0.2, 0) is 16.1 Å². The maximum absolute atomic E-state index is 5.39. The zero-order valence-electron chi connectivity index (χ0n) is 7.44. The van der Waals surface area contributed by atoms with Crippen LogP contribution in [0.15, 0.2) is 17.5 Å². The highest BCUT2D eigenvalue weighted by molar-refractivity contribution is 7.80. The van der Waals surface area contributed by atoms with Gasteiger partial charge in [-0.2, -0.15) is 12.6 Å². The van der Waals surface area contributed by atoms with E-state index >= 15 is 0 Å². The Morgan fingerprint density at radius 1 is 1.23 bits per heavy atom. The monoisotopic (exact) mass is 218 g/mol. The Morgan fingerprint density at radius 3 is 2.77 bits per heavy atom. The maximum Gasteiger partial charge on any atom is 0.0810 e. The van der Waals surface area contributed by atoms with Crippen LogP contribution in [0.3, 0.4) is 0 Å². The highest BCUT2D eigenvalue weighted by Gasteiger charge is 1.93. The topological polar surface area (TPSA) is 18.5 Å². The predicted molar refractivity (Wildman–Crippen MR) is 58.6 cm³/mol. The van der Waals surface area contributed by atoms with Crippen molar-refractivity contribution in [3.8, 4) is 0 Å². The molecule has 0 N–H and O–H groups in total. The molecule has 1 aromatic rings. The first-order valence-corrected chi connectivity index (χ1v) is 5.73. The summed E-state index contributed by atoms with van der Waals surface area (Å²) in [5, 5.41) is 2.05. The van der Waals surface area contributed by atoms with Gasteiger partial charge in [-0.05, 0) is 11.4 Å². The molecule has 0 fully saturated rings. The van der Waals surface area contributed by atoms with E-state index in [0.29, 0.717) is 26.4 Å². The van der Waals surface area contributed by atoms with E-state index in [4.69, 9.17) is 9.47 Å². The van der Waals surface area contributed by atoms with Crippen LogP contribution in [0, 0.1) is 0 Å². The van der Waals surface area contributed by atoms with Crippen LogP contribution >= 0.6 is 24.0 Å². The Morgan fingerprint density at radius 2 is 2.08 bits per heavy atom. The lowest BCUT2D eigenvalue weighted by Crippen LogP contribution is -2.05. The zero-order valence-corrected chi connectivity index (χ0v) is 9.15. The summed E-state index contributed by atoms with van der Waals surface area (Å²) < 4.78 is 10.6.